The fourth-order valence-corrected chi connectivity index (χ4v) is 2.86. The summed E-state index contributed by atoms with van der Waals surface area (Å²) in [6, 6.07) is 2.30. The Bertz CT molecular complexity index is 401. The number of nitrogens with zero attached hydrogens (tertiary/aromatic N) is 3. The van der Waals surface area contributed by atoms with Crippen LogP contribution in [0.5, 0.6) is 0 Å². The van der Waals surface area contributed by atoms with Crippen molar-refractivity contribution in [2.24, 2.45) is 0 Å². The smallest absolute Gasteiger partial charge is 0.244 e. The number of carbonyl (C=O) groups excluding carboxylic acids is 1. The first-order chi connectivity index (χ1) is 7.61. The summed E-state index contributed by atoms with van der Waals surface area (Å²) in [7, 11) is 0. The quantitative estimate of drug-likeness (QED) is 0.836. The second-order valence-electron chi connectivity index (χ2n) is 3.86. The van der Waals surface area contributed by atoms with E-state index >= 15 is 0 Å². The van der Waals surface area contributed by atoms with E-state index in [1.165, 1.54) is 0 Å². The summed E-state index contributed by atoms with van der Waals surface area (Å²) in [6.45, 7) is 3.10. The summed E-state index contributed by atoms with van der Waals surface area (Å²) in [5.41, 5.74) is 0. The molecule has 16 heavy (non-hydrogen) atoms. The second kappa shape index (κ2) is 4.87. The van der Waals surface area contributed by atoms with E-state index in [2.05, 4.69) is 37.0 Å². The van der Waals surface area contributed by atoms with Gasteiger partial charge in [-0.15, -0.1) is 0 Å². The molecule has 1 saturated carbocycles. The van der Waals surface area contributed by atoms with Crippen molar-refractivity contribution < 1.29 is 4.79 Å². The summed E-state index contributed by atoms with van der Waals surface area (Å²) in [5, 5.41) is 4.19. The van der Waals surface area contributed by atoms with Crippen LogP contribution < -0.4 is 0 Å². The van der Waals surface area contributed by atoms with Gasteiger partial charge in [0.2, 0.25) is 5.91 Å². The highest BCUT2D eigenvalue weighted by Gasteiger charge is 2.31. The molecular formula is C10H13Br2N3O. The van der Waals surface area contributed by atoms with Crippen molar-refractivity contribution in [3.8, 4) is 0 Å². The molecule has 1 aromatic heterocycles. The summed E-state index contributed by atoms with van der Waals surface area (Å²) < 4.78 is 3.22. The van der Waals surface area contributed by atoms with Gasteiger partial charge in [0.25, 0.3) is 0 Å². The van der Waals surface area contributed by atoms with Crippen molar-refractivity contribution >= 4 is 37.8 Å². The van der Waals surface area contributed by atoms with Crippen LogP contribution in [-0.4, -0.2) is 33.2 Å². The fraction of sp³-hybridized carbons (Fsp3) is 0.600. The van der Waals surface area contributed by atoms with Crippen molar-refractivity contribution in [1.82, 2.24) is 14.7 Å². The van der Waals surface area contributed by atoms with Crippen LogP contribution in [0.1, 0.15) is 19.8 Å². The Kier molecular flexibility index (Phi) is 3.69. The molecule has 88 valence electrons. The predicted molar refractivity (Wildman–Crippen MR) is 68.0 cm³/mol. The van der Waals surface area contributed by atoms with Crippen LogP contribution in [0.15, 0.2) is 15.3 Å². The standard InChI is InChI=1S/C10H13Br2N3O/c1-2-14(7-3-4-7)10(16)6-15-9(12)5-8(11)13-15/h5,7H,2-4,6H2,1H3. The van der Waals surface area contributed by atoms with Gasteiger partial charge in [0.1, 0.15) is 15.8 Å². The molecule has 0 atom stereocenters. The van der Waals surface area contributed by atoms with E-state index in [0.29, 0.717) is 12.6 Å². The van der Waals surface area contributed by atoms with E-state index in [-0.39, 0.29) is 5.91 Å². The zero-order chi connectivity index (χ0) is 11.7. The molecule has 6 heteroatoms. The molecule has 1 aromatic rings. The van der Waals surface area contributed by atoms with Crippen LogP contribution in [0.4, 0.5) is 0 Å². The number of carbonyl (C=O) groups is 1. The Morgan fingerprint density at radius 1 is 1.62 bits per heavy atom. The zero-order valence-corrected chi connectivity index (χ0v) is 12.2. The molecule has 1 amide bonds. The molecule has 0 radical (unpaired) electrons. The van der Waals surface area contributed by atoms with Gasteiger partial charge in [0.05, 0.1) is 0 Å². The number of hydrogen-bond acceptors (Lipinski definition) is 2. The van der Waals surface area contributed by atoms with Crippen molar-refractivity contribution in [3.05, 3.63) is 15.3 Å². The largest absolute Gasteiger partial charge is 0.338 e. The molecule has 0 aliphatic heterocycles. The van der Waals surface area contributed by atoms with Crippen molar-refractivity contribution in [3.63, 3.8) is 0 Å². The molecule has 0 aromatic carbocycles. The Hall–Kier alpha value is -0.360. The van der Waals surface area contributed by atoms with Gasteiger partial charge in [-0.3, -0.25) is 4.79 Å². The van der Waals surface area contributed by atoms with Crippen LogP contribution >= 0.6 is 31.9 Å². The molecule has 0 saturated heterocycles. The number of halogens is 2. The maximum atomic E-state index is 12.0. The van der Waals surface area contributed by atoms with Crippen LogP contribution in [0.25, 0.3) is 0 Å². The highest BCUT2D eigenvalue weighted by molar-refractivity contribution is 9.11. The lowest BCUT2D eigenvalue weighted by molar-refractivity contribution is -0.132. The molecule has 1 aliphatic carbocycles. The van der Waals surface area contributed by atoms with Crippen molar-refractivity contribution in [2.45, 2.75) is 32.4 Å². The Balaban J connectivity index is 2.03. The zero-order valence-electron chi connectivity index (χ0n) is 8.99. The summed E-state index contributed by atoms with van der Waals surface area (Å²) >= 11 is 6.65. The normalized spacial score (nSPS) is 15.2. The average Bonchev–Trinajstić information content (AvgIpc) is 2.97. The van der Waals surface area contributed by atoms with Gasteiger partial charge in [-0.25, -0.2) is 4.68 Å². The Morgan fingerprint density at radius 2 is 2.31 bits per heavy atom. The number of likely N-dealkylation sites (N-methyl/N-ethyl adjacent to an activating group) is 1. The van der Waals surface area contributed by atoms with E-state index in [4.69, 9.17) is 0 Å². The summed E-state index contributed by atoms with van der Waals surface area (Å²) in [4.78, 5) is 13.9. The maximum Gasteiger partial charge on any atom is 0.244 e. The highest BCUT2D eigenvalue weighted by atomic mass is 79.9. The molecule has 4 nitrogen and oxygen atoms in total. The minimum Gasteiger partial charge on any atom is -0.338 e. The molecule has 0 N–H and O–H groups in total. The van der Waals surface area contributed by atoms with Crippen molar-refractivity contribution in [1.29, 1.82) is 0 Å². The third-order valence-electron chi connectivity index (χ3n) is 2.63. The number of aromatic nitrogens is 2. The Labute approximate surface area is 111 Å². The van der Waals surface area contributed by atoms with E-state index in [1.54, 1.807) is 4.68 Å². The fourth-order valence-electron chi connectivity index (χ4n) is 1.72. The van der Waals surface area contributed by atoms with Gasteiger partial charge in [0.15, 0.2) is 0 Å². The minimum absolute atomic E-state index is 0.140. The topological polar surface area (TPSA) is 38.1 Å². The van der Waals surface area contributed by atoms with E-state index < -0.39 is 0 Å². The summed E-state index contributed by atoms with van der Waals surface area (Å²) in [5.74, 6) is 0.140. The van der Waals surface area contributed by atoms with Crippen LogP contribution in [0, 0.1) is 0 Å². The predicted octanol–water partition coefficient (Wildman–Crippen LogP) is 2.42. The van der Waals surface area contributed by atoms with Crippen molar-refractivity contribution in [2.75, 3.05) is 6.54 Å². The molecule has 0 bridgehead atoms. The molecule has 0 spiro atoms. The molecular weight excluding hydrogens is 338 g/mol. The number of amides is 1. The minimum atomic E-state index is 0.140. The third-order valence-corrected chi connectivity index (χ3v) is 3.66. The van der Waals surface area contributed by atoms with Crippen LogP contribution in [-0.2, 0) is 11.3 Å². The van der Waals surface area contributed by atoms with Gasteiger partial charge >= 0.3 is 0 Å². The lowest BCUT2D eigenvalue weighted by atomic mass is 10.4. The molecule has 0 unspecified atom stereocenters. The van der Waals surface area contributed by atoms with Gasteiger partial charge in [-0.2, -0.15) is 5.10 Å². The van der Waals surface area contributed by atoms with Crippen LogP contribution in [0.3, 0.4) is 0 Å². The SMILES string of the molecule is CCN(C(=O)Cn1nc(Br)cc1Br)C1CC1. The summed E-state index contributed by atoms with van der Waals surface area (Å²) in [6.07, 6.45) is 2.28. The van der Waals surface area contributed by atoms with E-state index in [9.17, 15) is 4.79 Å². The van der Waals surface area contributed by atoms with Gasteiger partial charge < -0.3 is 4.90 Å². The molecule has 2 rings (SSSR count). The molecule has 1 aliphatic rings. The first kappa shape index (κ1) is 12.1. The maximum absolute atomic E-state index is 12.0. The van der Waals surface area contributed by atoms with E-state index in [0.717, 1.165) is 28.6 Å². The monoisotopic (exact) mass is 349 g/mol. The second-order valence-corrected chi connectivity index (χ2v) is 5.48. The Morgan fingerprint density at radius 3 is 2.75 bits per heavy atom. The highest BCUT2D eigenvalue weighted by Crippen LogP contribution is 2.27. The van der Waals surface area contributed by atoms with Gasteiger partial charge in [-0.1, -0.05) is 0 Å². The third kappa shape index (κ3) is 2.66. The molecule has 1 heterocycles. The first-order valence-electron chi connectivity index (χ1n) is 5.30. The lowest BCUT2D eigenvalue weighted by Gasteiger charge is -2.20. The van der Waals surface area contributed by atoms with Gasteiger partial charge in [0, 0.05) is 18.7 Å². The number of hydrogen-bond donors (Lipinski definition) is 0. The molecule has 1 fully saturated rings. The van der Waals surface area contributed by atoms with Gasteiger partial charge in [-0.05, 0) is 51.6 Å². The number of rotatable bonds is 4. The van der Waals surface area contributed by atoms with Crippen LogP contribution in [0.2, 0.25) is 0 Å². The average molecular weight is 351 g/mol. The van der Waals surface area contributed by atoms with E-state index in [1.807, 2.05) is 17.9 Å². The first-order valence-corrected chi connectivity index (χ1v) is 6.88. The lowest BCUT2D eigenvalue weighted by Crippen LogP contribution is -2.35.